The van der Waals surface area contributed by atoms with Crippen molar-refractivity contribution in [1.29, 1.82) is 5.26 Å². The van der Waals surface area contributed by atoms with Crippen LogP contribution in [0.25, 0.3) is 0 Å². The van der Waals surface area contributed by atoms with Gasteiger partial charge in [0.05, 0.1) is 6.07 Å². The molecule has 0 aromatic heterocycles. The third-order valence-electron chi connectivity index (χ3n) is 0.224. The molecule has 0 spiro atoms. The first kappa shape index (κ1) is 23.2. The number of rotatable bonds is 1. The van der Waals surface area contributed by atoms with Crippen molar-refractivity contribution in [3.8, 4) is 6.07 Å². The highest BCUT2D eigenvalue weighted by atomic mass is 16.3. The normalized spacial score (nSPS) is 5.86. The van der Waals surface area contributed by atoms with E-state index in [2.05, 4.69) is 0 Å². The van der Waals surface area contributed by atoms with Crippen molar-refractivity contribution < 1.29 is 15.0 Å². The fourth-order valence-corrected chi connectivity index (χ4v) is 0. The maximum Gasteiger partial charge on any atom is 0.126 e. The molecular weight excluding hydrogens is 182 g/mol. The monoisotopic (exact) mass is 205 g/mol. The minimum absolute atomic E-state index is 0.167. The van der Waals surface area contributed by atoms with Crippen LogP contribution in [0.2, 0.25) is 0 Å². The number of nitrogens with zero attached hydrogens (tertiary/aromatic N) is 1. The van der Waals surface area contributed by atoms with E-state index in [1.165, 1.54) is 20.8 Å². The Balaban J connectivity index is -0.0000000482. The zero-order chi connectivity index (χ0) is 12.4. The molecule has 86 valence electrons. The lowest BCUT2D eigenvalue weighted by Gasteiger charge is -1.69. The molecule has 0 aliphatic heterocycles. The van der Waals surface area contributed by atoms with Gasteiger partial charge in [-0.1, -0.05) is 6.92 Å². The van der Waals surface area contributed by atoms with Crippen LogP contribution < -0.4 is 0 Å². The molecule has 0 saturated carbocycles. The third-order valence-corrected chi connectivity index (χ3v) is 0.224. The molecule has 0 radical (unpaired) electrons. The van der Waals surface area contributed by atoms with Gasteiger partial charge < -0.3 is 15.0 Å². The zero-order valence-electron chi connectivity index (χ0n) is 9.87. The Labute approximate surface area is 87.2 Å². The van der Waals surface area contributed by atoms with Crippen molar-refractivity contribution in [3.63, 3.8) is 0 Å². The molecule has 0 aliphatic rings. The maximum absolute atomic E-state index is 9.44. The number of carbonyl (C=O) groups is 1. The fourth-order valence-electron chi connectivity index (χ4n) is 0. The summed E-state index contributed by atoms with van der Waals surface area (Å²) in [6.45, 7) is 8.67. The Morgan fingerprint density at radius 3 is 1.36 bits per heavy atom. The van der Waals surface area contributed by atoms with Crippen LogP contribution in [-0.4, -0.2) is 29.2 Å². The molecule has 0 aromatic carbocycles. The van der Waals surface area contributed by atoms with E-state index in [1.54, 1.807) is 13.0 Å². The minimum Gasteiger partial charge on any atom is -0.397 e. The van der Waals surface area contributed by atoms with Gasteiger partial charge in [-0.15, -0.1) is 0 Å². The summed E-state index contributed by atoms with van der Waals surface area (Å²) in [5, 5.41) is 22.8. The summed E-state index contributed by atoms with van der Waals surface area (Å²) in [7, 11) is 0. The van der Waals surface area contributed by atoms with Gasteiger partial charge in [0.1, 0.15) is 5.78 Å². The van der Waals surface area contributed by atoms with E-state index in [0.717, 1.165) is 6.42 Å². The summed E-state index contributed by atoms with van der Waals surface area (Å²) in [5.41, 5.74) is 0. The van der Waals surface area contributed by atoms with Crippen molar-refractivity contribution in [2.24, 2.45) is 0 Å². The number of hydrogen-bond donors (Lipinski definition) is 2. The highest BCUT2D eigenvalue weighted by molar-refractivity contribution is 5.72. The van der Waals surface area contributed by atoms with Gasteiger partial charge >= 0.3 is 0 Å². The Morgan fingerprint density at radius 1 is 1.29 bits per heavy atom. The summed E-state index contributed by atoms with van der Waals surface area (Å²) < 4.78 is 0. The standard InChI is InChI=1S/C3H6O.C3H8O.C2H3N.C2H6O/c1-3(2)4;1-2-3-4;2*1-2-3/h1-2H3;4H,2-3H2,1H3;1H3;3H,2H2,1H3. The lowest BCUT2D eigenvalue weighted by Crippen LogP contribution is -1.69. The molecular formula is C10H23NO3. The molecule has 0 atom stereocenters. The molecule has 2 N–H and O–H groups in total. The molecule has 0 aliphatic carbocycles. The summed E-state index contributed by atoms with van der Waals surface area (Å²) in [5.74, 6) is 0.167. The van der Waals surface area contributed by atoms with Crippen LogP contribution in [-0.2, 0) is 4.79 Å². The topological polar surface area (TPSA) is 81.3 Å². The first-order chi connectivity index (χ1) is 6.47. The van der Waals surface area contributed by atoms with Gasteiger partial charge in [0.2, 0.25) is 0 Å². The second-order valence-corrected chi connectivity index (χ2v) is 2.17. The molecule has 0 saturated heterocycles. The highest BCUT2D eigenvalue weighted by Gasteiger charge is 1.62. The van der Waals surface area contributed by atoms with Gasteiger partial charge in [0.25, 0.3) is 0 Å². The van der Waals surface area contributed by atoms with E-state index in [4.69, 9.17) is 15.5 Å². The lowest BCUT2D eigenvalue weighted by molar-refractivity contribution is -0.114. The van der Waals surface area contributed by atoms with Crippen LogP contribution in [0.4, 0.5) is 0 Å². The minimum atomic E-state index is 0.167. The highest BCUT2D eigenvalue weighted by Crippen LogP contribution is 1.61. The average Bonchev–Trinajstić information content (AvgIpc) is 2.06. The number of Topliss-reactive ketones (excluding diaryl/α,β-unsaturated/α-hetero) is 1. The van der Waals surface area contributed by atoms with Crippen molar-refractivity contribution in [2.75, 3.05) is 13.2 Å². The predicted octanol–water partition coefficient (Wildman–Crippen LogP) is 1.51. The lowest BCUT2D eigenvalue weighted by atomic mass is 10.5. The maximum atomic E-state index is 9.44. The smallest absolute Gasteiger partial charge is 0.126 e. The Bertz CT molecular complexity index is 113. The number of hydrogen-bond acceptors (Lipinski definition) is 4. The summed E-state index contributed by atoms with van der Waals surface area (Å²) >= 11 is 0. The number of ketones is 1. The molecule has 4 heteroatoms. The number of aliphatic hydroxyl groups is 2. The third kappa shape index (κ3) is 176000. The van der Waals surface area contributed by atoms with E-state index in [0.29, 0.717) is 6.61 Å². The number of nitriles is 1. The van der Waals surface area contributed by atoms with E-state index in [-0.39, 0.29) is 12.4 Å². The van der Waals surface area contributed by atoms with E-state index in [9.17, 15) is 4.79 Å². The predicted molar refractivity (Wildman–Crippen MR) is 57.8 cm³/mol. The van der Waals surface area contributed by atoms with Crippen LogP contribution in [0.1, 0.15) is 41.0 Å². The second-order valence-electron chi connectivity index (χ2n) is 2.17. The summed E-state index contributed by atoms with van der Waals surface area (Å²) in [4.78, 5) is 9.44. The van der Waals surface area contributed by atoms with Crippen molar-refractivity contribution in [3.05, 3.63) is 0 Å². The molecule has 0 heterocycles. The van der Waals surface area contributed by atoms with Crippen LogP contribution >= 0.6 is 0 Å². The van der Waals surface area contributed by atoms with Crippen LogP contribution in [0.3, 0.4) is 0 Å². The van der Waals surface area contributed by atoms with Gasteiger partial charge in [-0.2, -0.15) is 5.26 Å². The number of aliphatic hydroxyl groups excluding tert-OH is 2. The Morgan fingerprint density at radius 2 is 1.36 bits per heavy atom. The van der Waals surface area contributed by atoms with Crippen molar-refractivity contribution in [2.45, 2.75) is 41.0 Å². The van der Waals surface area contributed by atoms with Crippen molar-refractivity contribution in [1.82, 2.24) is 0 Å². The van der Waals surface area contributed by atoms with Gasteiger partial charge in [-0.3, -0.25) is 0 Å². The SMILES string of the molecule is CC#N.CC(C)=O.CCCO.CCO. The number of carbonyl (C=O) groups excluding carboxylic acids is 1. The van der Waals surface area contributed by atoms with Crippen LogP contribution in [0, 0.1) is 11.3 Å². The molecule has 0 bridgehead atoms. The molecule has 0 unspecified atom stereocenters. The van der Waals surface area contributed by atoms with Crippen LogP contribution in [0.15, 0.2) is 0 Å². The average molecular weight is 205 g/mol. The first-order valence-electron chi connectivity index (χ1n) is 4.47. The quantitative estimate of drug-likeness (QED) is 0.680. The summed E-state index contributed by atoms with van der Waals surface area (Å²) in [6.07, 6.45) is 0.875. The molecule has 0 amide bonds. The zero-order valence-corrected chi connectivity index (χ0v) is 9.87. The van der Waals surface area contributed by atoms with Gasteiger partial charge in [0.15, 0.2) is 0 Å². The van der Waals surface area contributed by atoms with Gasteiger partial charge in [-0.25, -0.2) is 0 Å². The van der Waals surface area contributed by atoms with Crippen LogP contribution in [0.5, 0.6) is 0 Å². The first-order valence-corrected chi connectivity index (χ1v) is 4.47. The van der Waals surface area contributed by atoms with E-state index < -0.39 is 0 Å². The van der Waals surface area contributed by atoms with E-state index >= 15 is 0 Å². The molecule has 0 aromatic rings. The van der Waals surface area contributed by atoms with Gasteiger partial charge in [0, 0.05) is 20.1 Å². The van der Waals surface area contributed by atoms with Crippen molar-refractivity contribution >= 4 is 5.78 Å². The molecule has 0 rings (SSSR count). The molecule has 0 fully saturated rings. The molecule has 4 nitrogen and oxygen atoms in total. The van der Waals surface area contributed by atoms with Gasteiger partial charge in [-0.05, 0) is 27.2 Å². The Hall–Kier alpha value is -0.920. The van der Waals surface area contributed by atoms with E-state index in [1.807, 2.05) is 6.92 Å². The largest absolute Gasteiger partial charge is 0.397 e. The Kier molecular flexibility index (Phi) is 66.3. The molecule has 14 heavy (non-hydrogen) atoms. The second kappa shape index (κ2) is 40.1. The fraction of sp³-hybridized carbons (Fsp3) is 0.800. The summed E-state index contributed by atoms with van der Waals surface area (Å²) in [6, 6.07) is 1.75.